The van der Waals surface area contributed by atoms with Gasteiger partial charge >= 0.3 is 0 Å². The maximum Gasteiger partial charge on any atom is 0.267 e. The van der Waals surface area contributed by atoms with Gasteiger partial charge in [0.2, 0.25) is 0 Å². The molecule has 0 saturated carbocycles. The zero-order valence-corrected chi connectivity index (χ0v) is 14.7. The number of benzene rings is 1. The molecular weight excluding hydrogens is 337 g/mol. The van der Waals surface area contributed by atoms with Crippen LogP contribution >= 0.6 is 23.2 Å². The minimum absolute atomic E-state index is 0.0331. The van der Waals surface area contributed by atoms with Crippen LogP contribution in [0.5, 0.6) is 5.75 Å². The summed E-state index contributed by atoms with van der Waals surface area (Å²) in [6.45, 7) is 0.451. The molecule has 0 aliphatic carbocycles. The lowest BCUT2D eigenvalue weighted by Crippen LogP contribution is -2.34. The van der Waals surface area contributed by atoms with E-state index < -0.39 is 0 Å². The van der Waals surface area contributed by atoms with Crippen molar-refractivity contribution in [3.8, 4) is 5.75 Å². The van der Waals surface area contributed by atoms with Gasteiger partial charge in [-0.1, -0.05) is 35.3 Å². The topological polar surface area (TPSA) is 57.4 Å². The number of H-pyrrole nitrogens is 1. The van der Waals surface area contributed by atoms with Gasteiger partial charge in [0.25, 0.3) is 5.91 Å². The van der Waals surface area contributed by atoms with Gasteiger partial charge in [-0.3, -0.25) is 4.79 Å². The molecule has 5 nitrogen and oxygen atoms in total. The third-order valence-electron chi connectivity index (χ3n) is 3.55. The van der Waals surface area contributed by atoms with E-state index in [1.54, 1.807) is 7.11 Å². The molecule has 1 aromatic carbocycles. The number of nitrogens with zero attached hydrogens (tertiary/aromatic N) is 1. The van der Waals surface area contributed by atoms with Crippen LogP contribution in [0.4, 0.5) is 0 Å². The Balaban J connectivity index is 2.05. The van der Waals surface area contributed by atoms with Crippen molar-refractivity contribution in [2.24, 2.45) is 0 Å². The summed E-state index contributed by atoms with van der Waals surface area (Å²) in [6.07, 6.45) is 0. The van der Waals surface area contributed by atoms with E-state index in [2.05, 4.69) is 10.3 Å². The molecule has 1 unspecified atom stereocenters. The maximum atomic E-state index is 12.2. The van der Waals surface area contributed by atoms with E-state index in [1.165, 1.54) is 6.07 Å². The van der Waals surface area contributed by atoms with E-state index in [-0.39, 0.29) is 17.1 Å². The number of halogens is 2. The summed E-state index contributed by atoms with van der Waals surface area (Å²) in [4.78, 5) is 17.0. The highest BCUT2D eigenvalue weighted by Crippen LogP contribution is 2.23. The number of aromatic nitrogens is 1. The van der Waals surface area contributed by atoms with Gasteiger partial charge in [0.05, 0.1) is 18.2 Å². The van der Waals surface area contributed by atoms with E-state index >= 15 is 0 Å². The highest BCUT2D eigenvalue weighted by atomic mass is 35.5. The van der Waals surface area contributed by atoms with Crippen molar-refractivity contribution in [2.45, 2.75) is 6.04 Å². The van der Waals surface area contributed by atoms with Crippen molar-refractivity contribution in [1.29, 1.82) is 0 Å². The van der Waals surface area contributed by atoms with Crippen LogP contribution in [0.25, 0.3) is 0 Å². The molecule has 1 amide bonds. The van der Waals surface area contributed by atoms with Gasteiger partial charge in [0, 0.05) is 6.54 Å². The number of hydrogen-bond acceptors (Lipinski definition) is 3. The molecule has 2 aromatic rings. The van der Waals surface area contributed by atoms with Gasteiger partial charge in [0.15, 0.2) is 0 Å². The van der Waals surface area contributed by atoms with Crippen molar-refractivity contribution >= 4 is 29.1 Å². The van der Waals surface area contributed by atoms with E-state index in [4.69, 9.17) is 27.9 Å². The number of hydrogen-bond donors (Lipinski definition) is 2. The number of aromatic amines is 1. The van der Waals surface area contributed by atoms with Crippen LogP contribution in [0, 0.1) is 0 Å². The summed E-state index contributed by atoms with van der Waals surface area (Å²) >= 11 is 11.7. The summed E-state index contributed by atoms with van der Waals surface area (Å²) in [5.41, 5.74) is 1.42. The molecule has 1 heterocycles. The largest absolute Gasteiger partial charge is 0.497 e. The Bertz CT molecular complexity index is 649. The van der Waals surface area contributed by atoms with Crippen molar-refractivity contribution in [3.63, 3.8) is 0 Å². The van der Waals surface area contributed by atoms with Crippen LogP contribution in [0.2, 0.25) is 10.2 Å². The Hall–Kier alpha value is -1.69. The Morgan fingerprint density at radius 3 is 2.43 bits per heavy atom. The summed E-state index contributed by atoms with van der Waals surface area (Å²) in [7, 11) is 5.55. The van der Waals surface area contributed by atoms with Crippen molar-refractivity contribution in [1.82, 2.24) is 15.2 Å². The smallest absolute Gasteiger partial charge is 0.267 e. The van der Waals surface area contributed by atoms with Crippen LogP contribution in [0.15, 0.2) is 30.3 Å². The number of likely N-dealkylation sites (N-methyl/N-ethyl adjacent to an activating group) is 1. The predicted octanol–water partition coefficient (Wildman–Crippen LogP) is 3.36. The van der Waals surface area contributed by atoms with Gasteiger partial charge < -0.3 is 19.9 Å². The summed E-state index contributed by atoms with van der Waals surface area (Å²) in [6, 6.07) is 9.31. The minimum atomic E-state index is -0.251. The van der Waals surface area contributed by atoms with Gasteiger partial charge in [-0.2, -0.15) is 0 Å². The fourth-order valence-corrected chi connectivity index (χ4v) is 2.55. The molecular formula is C16H19Cl2N3O2. The van der Waals surface area contributed by atoms with E-state index in [0.717, 1.165) is 11.3 Å². The molecule has 1 atom stereocenters. The minimum Gasteiger partial charge on any atom is -0.497 e. The molecule has 23 heavy (non-hydrogen) atoms. The highest BCUT2D eigenvalue weighted by Gasteiger charge is 2.17. The zero-order chi connectivity index (χ0) is 17.0. The fraction of sp³-hybridized carbons (Fsp3) is 0.312. The molecule has 2 N–H and O–H groups in total. The second-order valence-electron chi connectivity index (χ2n) is 5.31. The van der Waals surface area contributed by atoms with Gasteiger partial charge in [0.1, 0.15) is 16.6 Å². The molecule has 7 heteroatoms. The third-order valence-corrected chi connectivity index (χ3v) is 4.24. The molecule has 0 bridgehead atoms. The first kappa shape index (κ1) is 17.7. The molecule has 2 rings (SSSR count). The van der Waals surface area contributed by atoms with Crippen molar-refractivity contribution < 1.29 is 9.53 Å². The first-order chi connectivity index (χ1) is 10.9. The average Bonchev–Trinajstić information content (AvgIpc) is 2.87. The number of amides is 1. The summed E-state index contributed by atoms with van der Waals surface area (Å²) in [5.74, 6) is 0.546. The number of carbonyl (C=O) groups is 1. The molecule has 0 radical (unpaired) electrons. The lowest BCUT2D eigenvalue weighted by Gasteiger charge is -2.25. The number of carbonyl (C=O) groups excluding carboxylic acids is 1. The summed E-state index contributed by atoms with van der Waals surface area (Å²) in [5, 5.41) is 3.48. The number of ether oxygens (including phenoxy) is 1. The third kappa shape index (κ3) is 4.41. The first-order valence-electron chi connectivity index (χ1n) is 7.05. The van der Waals surface area contributed by atoms with Gasteiger partial charge in [-0.05, 0) is 37.9 Å². The molecule has 0 aliphatic heterocycles. The van der Waals surface area contributed by atoms with Gasteiger partial charge in [-0.25, -0.2) is 0 Å². The highest BCUT2D eigenvalue weighted by molar-refractivity contribution is 6.41. The second kappa shape index (κ2) is 7.73. The second-order valence-corrected chi connectivity index (χ2v) is 6.09. The Kier molecular flexibility index (Phi) is 5.93. The zero-order valence-electron chi connectivity index (χ0n) is 13.2. The fourth-order valence-electron chi connectivity index (χ4n) is 2.24. The van der Waals surface area contributed by atoms with Crippen LogP contribution in [0.1, 0.15) is 22.1 Å². The van der Waals surface area contributed by atoms with E-state index in [9.17, 15) is 4.79 Å². The SMILES string of the molecule is COc1ccc(C(CNC(=O)c2cc(Cl)c(Cl)[nH]2)N(C)C)cc1. The Morgan fingerprint density at radius 1 is 1.30 bits per heavy atom. The van der Waals surface area contributed by atoms with Crippen LogP contribution in [-0.4, -0.2) is 43.5 Å². The summed E-state index contributed by atoms with van der Waals surface area (Å²) < 4.78 is 5.17. The lowest BCUT2D eigenvalue weighted by molar-refractivity contribution is 0.0937. The molecule has 1 aromatic heterocycles. The number of rotatable bonds is 6. The van der Waals surface area contributed by atoms with Crippen molar-refractivity contribution in [3.05, 3.63) is 51.8 Å². The monoisotopic (exact) mass is 355 g/mol. The van der Waals surface area contributed by atoms with Gasteiger partial charge in [-0.15, -0.1) is 0 Å². The van der Waals surface area contributed by atoms with Crippen LogP contribution in [-0.2, 0) is 0 Å². The van der Waals surface area contributed by atoms with E-state index in [0.29, 0.717) is 17.3 Å². The molecule has 0 aliphatic rings. The first-order valence-corrected chi connectivity index (χ1v) is 7.80. The quantitative estimate of drug-likeness (QED) is 0.835. The Morgan fingerprint density at radius 2 is 1.96 bits per heavy atom. The Labute approximate surface area is 145 Å². The molecule has 124 valence electrons. The predicted molar refractivity (Wildman–Crippen MR) is 92.6 cm³/mol. The molecule has 0 spiro atoms. The normalized spacial score (nSPS) is 12.3. The van der Waals surface area contributed by atoms with E-state index in [1.807, 2.05) is 43.3 Å². The molecule has 0 fully saturated rings. The van der Waals surface area contributed by atoms with Crippen LogP contribution in [0.3, 0.4) is 0 Å². The standard InChI is InChI=1S/C16H19Cl2N3O2/c1-21(2)14(10-4-6-11(23-3)7-5-10)9-19-16(22)13-8-12(17)15(18)20-13/h4-8,14,20H,9H2,1-3H3,(H,19,22). The van der Waals surface area contributed by atoms with Crippen molar-refractivity contribution in [2.75, 3.05) is 27.7 Å². The lowest BCUT2D eigenvalue weighted by atomic mass is 10.1. The van der Waals surface area contributed by atoms with Crippen LogP contribution < -0.4 is 10.1 Å². The number of nitrogens with one attached hydrogen (secondary N) is 2. The number of methoxy groups -OCH3 is 1. The average molecular weight is 356 g/mol. The maximum absolute atomic E-state index is 12.2. The molecule has 0 saturated heterocycles.